The van der Waals surface area contributed by atoms with Crippen molar-refractivity contribution in [1.29, 1.82) is 0 Å². The van der Waals surface area contributed by atoms with Gasteiger partial charge in [-0.05, 0) is 68.4 Å². The molecule has 0 radical (unpaired) electrons. The summed E-state index contributed by atoms with van der Waals surface area (Å²) in [6.07, 6.45) is 0. The minimum absolute atomic E-state index is 0.0561. The van der Waals surface area contributed by atoms with Crippen LogP contribution in [-0.2, 0) is 6.54 Å². The van der Waals surface area contributed by atoms with Crippen molar-refractivity contribution in [3.63, 3.8) is 0 Å². The van der Waals surface area contributed by atoms with Crippen molar-refractivity contribution in [3.8, 4) is 0 Å². The van der Waals surface area contributed by atoms with E-state index < -0.39 is 0 Å². The maximum absolute atomic E-state index is 12.6. The number of aryl methyl sites for hydroxylation is 3. The molecule has 1 aromatic heterocycles. The fourth-order valence-corrected chi connectivity index (χ4v) is 3.53. The van der Waals surface area contributed by atoms with Gasteiger partial charge in [0.05, 0.1) is 13.2 Å². The highest BCUT2D eigenvalue weighted by Crippen LogP contribution is 2.19. The number of aliphatic hydroxyl groups excluding tert-OH is 1. The van der Waals surface area contributed by atoms with Gasteiger partial charge in [-0.25, -0.2) is 0 Å². The number of aromatic nitrogens is 1. The first-order valence-corrected chi connectivity index (χ1v) is 9.65. The Bertz CT molecular complexity index is 1060. The van der Waals surface area contributed by atoms with Crippen LogP contribution in [0.2, 0.25) is 0 Å². The van der Waals surface area contributed by atoms with Gasteiger partial charge in [-0.1, -0.05) is 23.8 Å². The number of pyridine rings is 1. The van der Waals surface area contributed by atoms with Gasteiger partial charge < -0.3 is 20.3 Å². The maximum atomic E-state index is 12.6. The maximum Gasteiger partial charge on any atom is 0.253 e. The van der Waals surface area contributed by atoms with Crippen LogP contribution in [-0.4, -0.2) is 33.3 Å². The lowest BCUT2D eigenvalue weighted by Gasteiger charge is -2.25. The Kier molecular flexibility index (Phi) is 6.11. The summed E-state index contributed by atoms with van der Waals surface area (Å²) in [5, 5.41) is 14.1. The zero-order valence-corrected chi connectivity index (χ0v) is 17.2. The highest BCUT2D eigenvalue weighted by Gasteiger charge is 2.14. The second-order valence-electron chi connectivity index (χ2n) is 7.11. The molecular formula is C22H25N3O2S. The summed E-state index contributed by atoms with van der Waals surface area (Å²) < 4.78 is 0. The monoisotopic (exact) mass is 395 g/mol. The normalized spacial score (nSPS) is 10.9. The summed E-state index contributed by atoms with van der Waals surface area (Å²) in [6.45, 7) is 6.66. The molecule has 0 unspecified atom stereocenters. The van der Waals surface area contributed by atoms with Crippen LogP contribution in [0.4, 0.5) is 5.69 Å². The van der Waals surface area contributed by atoms with Gasteiger partial charge in [0.1, 0.15) is 0 Å². The second kappa shape index (κ2) is 8.54. The first-order chi connectivity index (χ1) is 13.4. The number of rotatable bonds is 5. The Morgan fingerprint density at radius 2 is 1.82 bits per heavy atom. The van der Waals surface area contributed by atoms with E-state index in [2.05, 4.69) is 16.4 Å². The standard InChI is InChI=1S/C22H25N3O2S/c1-14-4-6-18(7-5-14)23-22(28)25(8-9-26)13-17-12-19-16(3)10-15(2)11-20(19)24-21(17)27/h4-7,10-12,26H,8-9,13H2,1-3H3,(H,23,28)(H,24,27). The molecule has 3 N–H and O–H groups in total. The molecule has 5 nitrogen and oxygen atoms in total. The summed E-state index contributed by atoms with van der Waals surface area (Å²) in [5.74, 6) is 0. The van der Waals surface area contributed by atoms with Gasteiger partial charge in [0.15, 0.2) is 5.11 Å². The number of aliphatic hydroxyl groups is 1. The quantitative estimate of drug-likeness (QED) is 0.576. The van der Waals surface area contributed by atoms with E-state index in [0.29, 0.717) is 23.8 Å². The molecule has 0 saturated carbocycles. The molecule has 0 saturated heterocycles. The van der Waals surface area contributed by atoms with E-state index in [4.69, 9.17) is 12.2 Å². The number of H-pyrrole nitrogens is 1. The number of nitrogens with zero attached hydrogens (tertiary/aromatic N) is 1. The SMILES string of the molecule is Cc1ccc(NC(=S)N(CCO)Cc2cc3c(C)cc(C)cc3[nH]c2=O)cc1. The molecule has 3 rings (SSSR count). The van der Waals surface area contributed by atoms with Gasteiger partial charge in [0, 0.05) is 28.7 Å². The van der Waals surface area contributed by atoms with E-state index in [1.165, 1.54) is 0 Å². The molecule has 0 amide bonds. The molecule has 0 atom stereocenters. The number of benzene rings is 2. The lowest BCUT2D eigenvalue weighted by atomic mass is 10.0. The number of hydrogen-bond acceptors (Lipinski definition) is 3. The third-order valence-corrected chi connectivity index (χ3v) is 5.07. The van der Waals surface area contributed by atoms with Crippen molar-refractivity contribution >= 4 is 33.9 Å². The minimum Gasteiger partial charge on any atom is -0.395 e. The third-order valence-electron chi connectivity index (χ3n) is 4.71. The van der Waals surface area contributed by atoms with Gasteiger partial charge in [-0.15, -0.1) is 0 Å². The average molecular weight is 396 g/mol. The molecule has 146 valence electrons. The van der Waals surface area contributed by atoms with Crippen molar-refractivity contribution in [3.05, 3.63) is 75.1 Å². The van der Waals surface area contributed by atoms with Crippen LogP contribution in [0.5, 0.6) is 0 Å². The summed E-state index contributed by atoms with van der Waals surface area (Å²) in [4.78, 5) is 17.4. The number of fused-ring (bicyclic) bond motifs is 1. The van der Waals surface area contributed by atoms with E-state index >= 15 is 0 Å². The first kappa shape index (κ1) is 20.0. The van der Waals surface area contributed by atoms with Gasteiger partial charge >= 0.3 is 0 Å². The van der Waals surface area contributed by atoms with Gasteiger partial charge in [-0.3, -0.25) is 4.79 Å². The summed E-state index contributed by atoms with van der Waals surface area (Å²) in [6, 6.07) is 13.9. The Morgan fingerprint density at radius 1 is 1.11 bits per heavy atom. The van der Waals surface area contributed by atoms with E-state index in [-0.39, 0.29) is 12.2 Å². The van der Waals surface area contributed by atoms with Gasteiger partial charge in [0.25, 0.3) is 5.56 Å². The fraction of sp³-hybridized carbons (Fsp3) is 0.273. The van der Waals surface area contributed by atoms with Crippen molar-refractivity contribution in [2.75, 3.05) is 18.5 Å². The van der Waals surface area contributed by atoms with Crippen LogP contribution >= 0.6 is 12.2 Å². The molecule has 0 aliphatic heterocycles. The number of anilines is 1. The molecule has 2 aromatic carbocycles. The molecule has 3 aromatic rings. The molecule has 1 heterocycles. The largest absolute Gasteiger partial charge is 0.395 e. The number of aromatic amines is 1. The van der Waals surface area contributed by atoms with Gasteiger partial charge in [-0.2, -0.15) is 0 Å². The molecular weight excluding hydrogens is 370 g/mol. The lowest BCUT2D eigenvalue weighted by molar-refractivity contribution is 0.248. The molecule has 0 spiro atoms. The van der Waals surface area contributed by atoms with E-state index in [9.17, 15) is 9.90 Å². The summed E-state index contributed by atoms with van der Waals surface area (Å²) in [7, 11) is 0. The minimum atomic E-state index is -0.140. The lowest BCUT2D eigenvalue weighted by Crippen LogP contribution is -2.37. The molecule has 0 fully saturated rings. The molecule has 28 heavy (non-hydrogen) atoms. The first-order valence-electron chi connectivity index (χ1n) is 9.24. The van der Waals surface area contributed by atoms with Crippen molar-refractivity contribution in [2.24, 2.45) is 0 Å². The number of thiocarbonyl (C=S) groups is 1. The van der Waals surface area contributed by atoms with Crippen LogP contribution in [0.3, 0.4) is 0 Å². The van der Waals surface area contributed by atoms with Crippen LogP contribution in [0.15, 0.2) is 47.3 Å². The third kappa shape index (κ3) is 4.58. The molecule has 6 heteroatoms. The molecule has 0 aliphatic carbocycles. The zero-order valence-electron chi connectivity index (χ0n) is 16.4. The van der Waals surface area contributed by atoms with Crippen LogP contribution < -0.4 is 10.9 Å². The molecule has 0 aliphatic rings. The average Bonchev–Trinajstić information content (AvgIpc) is 2.64. The smallest absolute Gasteiger partial charge is 0.253 e. The Balaban J connectivity index is 1.87. The number of nitrogens with one attached hydrogen (secondary N) is 2. The van der Waals surface area contributed by atoms with Crippen molar-refractivity contribution in [2.45, 2.75) is 27.3 Å². The highest BCUT2D eigenvalue weighted by molar-refractivity contribution is 7.80. The second-order valence-corrected chi connectivity index (χ2v) is 7.49. The summed E-state index contributed by atoms with van der Waals surface area (Å²) in [5.41, 5.74) is 5.56. The van der Waals surface area contributed by atoms with Crippen LogP contribution in [0.1, 0.15) is 22.3 Å². The zero-order chi connectivity index (χ0) is 20.3. The van der Waals surface area contributed by atoms with Crippen LogP contribution in [0, 0.1) is 20.8 Å². The van der Waals surface area contributed by atoms with E-state index in [1.807, 2.05) is 57.2 Å². The topological polar surface area (TPSA) is 68.4 Å². The van der Waals surface area contributed by atoms with Crippen molar-refractivity contribution in [1.82, 2.24) is 9.88 Å². The van der Waals surface area contributed by atoms with Crippen LogP contribution in [0.25, 0.3) is 10.9 Å². The highest BCUT2D eigenvalue weighted by atomic mass is 32.1. The van der Waals surface area contributed by atoms with E-state index in [1.54, 1.807) is 4.90 Å². The van der Waals surface area contributed by atoms with E-state index in [0.717, 1.165) is 33.3 Å². The fourth-order valence-electron chi connectivity index (χ4n) is 3.25. The predicted molar refractivity (Wildman–Crippen MR) is 119 cm³/mol. The predicted octanol–water partition coefficient (Wildman–Crippen LogP) is 3.64. The Labute approximate surface area is 170 Å². The Hall–Kier alpha value is -2.70. The van der Waals surface area contributed by atoms with Gasteiger partial charge in [0.2, 0.25) is 0 Å². The number of hydrogen-bond donors (Lipinski definition) is 3. The molecule has 0 bridgehead atoms. The summed E-state index contributed by atoms with van der Waals surface area (Å²) >= 11 is 5.53. The Morgan fingerprint density at radius 3 is 2.50 bits per heavy atom. The van der Waals surface area contributed by atoms with Crippen molar-refractivity contribution < 1.29 is 5.11 Å².